The molecule has 1 heterocycles. The third kappa shape index (κ3) is 3.46. The van der Waals surface area contributed by atoms with E-state index in [1.54, 1.807) is 7.11 Å². The third-order valence-electron chi connectivity index (χ3n) is 3.24. The Hall–Kier alpha value is -1.58. The summed E-state index contributed by atoms with van der Waals surface area (Å²) in [5, 5.41) is 3.21. The largest absolute Gasteiger partial charge is 0.461 e. The van der Waals surface area contributed by atoms with Gasteiger partial charge in [0.05, 0.1) is 6.61 Å². The molecule has 0 spiro atoms. The number of hydrogen-bond acceptors (Lipinski definition) is 3. The molecule has 2 rings (SSSR count). The van der Waals surface area contributed by atoms with Crippen LogP contribution in [-0.2, 0) is 17.8 Å². The highest BCUT2D eigenvalue weighted by atomic mass is 16.5. The smallest absolute Gasteiger partial charge is 0.134 e. The molecule has 0 fully saturated rings. The summed E-state index contributed by atoms with van der Waals surface area (Å²) in [5.74, 6) is 1.91. The molecule has 19 heavy (non-hydrogen) atoms. The molecule has 1 atom stereocenters. The van der Waals surface area contributed by atoms with Crippen LogP contribution in [0.2, 0.25) is 0 Å². The van der Waals surface area contributed by atoms with Gasteiger partial charge in [0.15, 0.2) is 0 Å². The zero-order valence-corrected chi connectivity index (χ0v) is 11.8. The average Bonchev–Trinajstić information content (AvgIpc) is 2.88. The fourth-order valence-corrected chi connectivity index (χ4v) is 2.08. The molecule has 3 heteroatoms. The number of methoxy groups -OCH3 is 1. The van der Waals surface area contributed by atoms with E-state index in [1.165, 1.54) is 0 Å². The quantitative estimate of drug-likeness (QED) is 0.864. The molecule has 1 N–H and O–H groups in total. The summed E-state index contributed by atoms with van der Waals surface area (Å²) < 4.78 is 11.2. The number of hydrogen-bond donors (Lipinski definition) is 1. The van der Waals surface area contributed by atoms with Crippen LogP contribution in [0.1, 0.15) is 18.2 Å². The topological polar surface area (TPSA) is 34.4 Å². The van der Waals surface area contributed by atoms with Crippen LogP contribution in [0, 0.1) is 0 Å². The Labute approximate surface area is 114 Å². The van der Waals surface area contributed by atoms with E-state index in [4.69, 9.17) is 9.15 Å². The number of rotatable bonds is 6. The van der Waals surface area contributed by atoms with E-state index in [0.717, 1.165) is 29.1 Å². The van der Waals surface area contributed by atoms with E-state index in [0.29, 0.717) is 12.6 Å². The standard InChI is InChI=1S/C16H21NO2/c1-12(17-2)10-14-8-9-16(19-14)15-7-5-4-6-13(15)11-18-3/h4-9,12,17H,10-11H2,1-3H3. The van der Waals surface area contributed by atoms with Crippen molar-refractivity contribution in [3.05, 3.63) is 47.7 Å². The maximum atomic E-state index is 5.93. The molecule has 0 aliphatic heterocycles. The summed E-state index contributed by atoms with van der Waals surface area (Å²) in [6.45, 7) is 2.74. The summed E-state index contributed by atoms with van der Waals surface area (Å²) in [6, 6.07) is 12.7. The van der Waals surface area contributed by atoms with Crippen LogP contribution in [-0.4, -0.2) is 20.2 Å². The van der Waals surface area contributed by atoms with Gasteiger partial charge in [0, 0.05) is 25.1 Å². The van der Waals surface area contributed by atoms with E-state index in [2.05, 4.69) is 24.4 Å². The van der Waals surface area contributed by atoms with Gasteiger partial charge in [-0.2, -0.15) is 0 Å². The van der Waals surface area contributed by atoms with Crippen molar-refractivity contribution in [2.75, 3.05) is 14.2 Å². The molecule has 1 unspecified atom stereocenters. The lowest BCUT2D eigenvalue weighted by Gasteiger charge is -2.08. The molecular formula is C16H21NO2. The molecule has 0 saturated carbocycles. The number of likely N-dealkylation sites (N-methyl/N-ethyl adjacent to an activating group) is 1. The molecule has 0 radical (unpaired) electrons. The van der Waals surface area contributed by atoms with Gasteiger partial charge in [-0.3, -0.25) is 0 Å². The molecule has 0 aliphatic rings. The van der Waals surface area contributed by atoms with Gasteiger partial charge in [0.25, 0.3) is 0 Å². The Morgan fingerprint density at radius 3 is 2.74 bits per heavy atom. The van der Waals surface area contributed by atoms with Gasteiger partial charge in [-0.25, -0.2) is 0 Å². The molecule has 3 nitrogen and oxygen atoms in total. The van der Waals surface area contributed by atoms with E-state index in [-0.39, 0.29) is 0 Å². The lowest BCUT2D eigenvalue weighted by Crippen LogP contribution is -2.23. The Bertz CT molecular complexity index is 519. The van der Waals surface area contributed by atoms with Gasteiger partial charge < -0.3 is 14.5 Å². The molecule has 1 aromatic heterocycles. The number of ether oxygens (including phenoxy) is 1. The van der Waals surface area contributed by atoms with Crippen LogP contribution in [0.25, 0.3) is 11.3 Å². The van der Waals surface area contributed by atoms with Crippen molar-refractivity contribution in [3.63, 3.8) is 0 Å². The van der Waals surface area contributed by atoms with Crippen LogP contribution in [0.4, 0.5) is 0 Å². The fraction of sp³-hybridized carbons (Fsp3) is 0.375. The van der Waals surface area contributed by atoms with Crippen molar-refractivity contribution in [3.8, 4) is 11.3 Å². The average molecular weight is 259 g/mol. The zero-order valence-electron chi connectivity index (χ0n) is 11.8. The molecular weight excluding hydrogens is 238 g/mol. The van der Waals surface area contributed by atoms with Crippen molar-refractivity contribution in [2.24, 2.45) is 0 Å². The first-order valence-corrected chi connectivity index (χ1v) is 6.57. The SMILES string of the molecule is CNC(C)Cc1ccc(-c2ccccc2COC)o1. The van der Waals surface area contributed by atoms with E-state index in [9.17, 15) is 0 Å². The van der Waals surface area contributed by atoms with E-state index >= 15 is 0 Å². The Morgan fingerprint density at radius 1 is 1.21 bits per heavy atom. The van der Waals surface area contributed by atoms with Crippen LogP contribution in [0.15, 0.2) is 40.8 Å². The van der Waals surface area contributed by atoms with Crippen LogP contribution < -0.4 is 5.32 Å². The second-order valence-electron chi connectivity index (χ2n) is 4.75. The second-order valence-corrected chi connectivity index (χ2v) is 4.75. The van der Waals surface area contributed by atoms with Gasteiger partial charge in [-0.1, -0.05) is 24.3 Å². The minimum atomic E-state index is 0.410. The molecule has 2 aromatic rings. The summed E-state index contributed by atoms with van der Waals surface area (Å²) in [7, 11) is 3.67. The monoisotopic (exact) mass is 259 g/mol. The van der Waals surface area contributed by atoms with E-state index < -0.39 is 0 Å². The lowest BCUT2D eigenvalue weighted by atomic mass is 10.1. The van der Waals surface area contributed by atoms with Crippen molar-refractivity contribution in [2.45, 2.75) is 26.0 Å². The van der Waals surface area contributed by atoms with Crippen LogP contribution in [0.5, 0.6) is 0 Å². The highest BCUT2D eigenvalue weighted by Crippen LogP contribution is 2.26. The molecule has 0 amide bonds. The fourth-order valence-electron chi connectivity index (χ4n) is 2.08. The van der Waals surface area contributed by atoms with Crippen molar-refractivity contribution in [1.82, 2.24) is 5.32 Å². The normalized spacial score (nSPS) is 12.6. The first kappa shape index (κ1) is 13.8. The number of furan rings is 1. The summed E-state index contributed by atoms with van der Waals surface area (Å²) in [4.78, 5) is 0. The second kappa shape index (κ2) is 6.55. The van der Waals surface area contributed by atoms with Gasteiger partial charge in [-0.05, 0) is 31.7 Å². The first-order chi connectivity index (χ1) is 9.24. The third-order valence-corrected chi connectivity index (χ3v) is 3.24. The molecule has 102 valence electrons. The Kier molecular flexibility index (Phi) is 4.77. The predicted molar refractivity (Wildman–Crippen MR) is 77.1 cm³/mol. The van der Waals surface area contributed by atoms with Gasteiger partial charge in [0.1, 0.15) is 11.5 Å². The zero-order chi connectivity index (χ0) is 13.7. The molecule has 0 aliphatic carbocycles. The lowest BCUT2D eigenvalue weighted by molar-refractivity contribution is 0.185. The molecule has 1 aromatic carbocycles. The highest BCUT2D eigenvalue weighted by Gasteiger charge is 2.10. The molecule has 0 bridgehead atoms. The van der Waals surface area contributed by atoms with Gasteiger partial charge in [-0.15, -0.1) is 0 Å². The number of benzene rings is 1. The molecule has 0 saturated heterocycles. The number of nitrogens with one attached hydrogen (secondary N) is 1. The minimum absolute atomic E-state index is 0.410. The maximum absolute atomic E-state index is 5.93. The van der Waals surface area contributed by atoms with E-state index in [1.807, 2.05) is 31.3 Å². The minimum Gasteiger partial charge on any atom is -0.461 e. The Morgan fingerprint density at radius 2 is 2.00 bits per heavy atom. The summed E-state index contributed by atoms with van der Waals surface area (Å²) in [5.41, 5.74) is 2.25. The first-order valence-electron chi connectivity index (χ1n) is 6.57. The van der Waals surface area contributed by atoms with Crippen LogP contribution >= 0.6 is 0 Å². The van der Waals surface area contributed by atoms with Gasteiger partial charge >= 0.3 is 0 Å². The Balaban J connectivity index is 2.22. The van der Waals surface area contributed by atoms with Crippen molar-refractivity contribution >= 4 is 0 Å². The van der Waals surface area contributed by atoms with Crippen molar-refractivity contribution < 1.29 is 9.15 Å². The highest BCUT2D eigenvalue weighted by molar-refractivity contribution is 5.62. The summed E-state index contributed by atoms with van der Waals surface area (Å²) in [6.07, 6.45) is 0.892. The predicted octanol–water partition coefficient (Wildman–Crippen LogP) is 3.24. The van der Waals surface area contributed by atoms with Crippen LogP contribution in [0.3, 0.4) is 0 Å². The summed E-state index contributed by atoms with van der Waals surface area (Å²) >= 11 is 0. The van der Waals surface area contributed by atoms with Crippen molar-refractivity contribution in [1.29, 1.82) is 0 Å². The maximum Gasteiger partial charge on any atom is 0.134 e. The van der Waals surface area contributed by atoms with Gasteiger partial charge in [0.2, 0.25) is 0 Å².